The number of carbonyl (C=O) groups excluding carboxylic acids is 1. The molecule has 0 saturated heterocycles. The smallest absolute Gasteiger partial charge is 0.276 e. The van der Waals surface area contributed by atoms with E-state index in [1.54, 1.807) is 18.5 Å². The van der Waals surface area contributed by atoms with Gasteiger partial charge in [0.05, 0.1) is 12.2 Å². The Balaban J connectivity index is 1.58. The molecule has 0 fully saturated rings. The Bertz CT molecular complexity index is 807. The van der Waals surface area contributed by atoms with Crippen LogP contribution in [0.2, 0.25) is 0 Å². The molecule has 1 heterocycles. The lowest BCUT2D eigenvalue weighted by Crippen LogP contribution is -2.24. The van der Waals surface area contributed by atoms with E-state index in [9.17, 15) is 4.79 Å². The molecule has 0 unspecified atom stereocenters. The predicted octanol–water partition coefficient (Wildman–Crippen LogP) is 3.56. The van der Waals surface area contributed by atoms with Crippen LogP contribution in [0.25, 0.3) is 0 Å². The highest BCUT2D eigenvalue weighted by Crippen LogP contribution is 2.16. The largest absolute Gasteiger partial charge is 0.380 e. The Morgan fingerprint density at radius 3 is 2.40 bits per heavy atom. The molecule has 0 atom stereocenters. The number of aromatic nitrogens is 1. The van der Waals surface area contributed by atoms with Crippen LogP contribution in [0.4, 0.5) is 5.69 Å². The van der Waals surface area contributed by atoms with Crippen LogP contribution >= 0.6 is 0 Å². The molecular formula is C20H19N3O2. The molecule has 3 rings (SSSR count). The van der Waals surface area contributed by atoms with E-state index in [1.807, 2.05) is 60.7 Å². The maximum atomic E-state index is 12.4. The quantitative estimate of drug-likeness (QED) is 0.649. The number of amides is 1. The second-order valence-corrected chi connectivity index (χ2v) is 5.46. The number of carbonyl (C=O) groups is 1. The van der Waals surface area contributed by atoms with Gasteiger partial charge in [-0.05, 0) is 35.4 Å². The van der Waals surface area contributed by atoms with E-state index in [0.717, 1.165) is 16.8 Å². The first-order chi connectivity index (χ1) is 12.3. The summed E-state index contributed by atoms with van der Waals surface area (Å²) in [6.45, 7) is 0.927. The van der Waals surface area contributed by atoms with E-state index >= 15 is 0 Å². The Morgan fingerprint density at radius 1 is 0.880 bits per heavy atom. The SMILES string of the molecule is O=C(NOCc1ccccc1)c1ccccc1NCc1ccncc1. The number of anilines is 1. The van der Waals surface area contributed by atoms with Gasteiger partial charge in [0.25, 0.3) is 5.91 Å². The van der Waals surface area contributed by atoms with Crippen molar-refractivity contribution < 1.29 is 9.63 Å². The van der Waals surface area contributed by atoms with Crippen molar-refractivity contribution in [1.82, 2.24) is 10.5 Å². The predicted molar refractivity (Wildman–Crippen MR) is 96.7 cm³/mol. The van der Waals surface area contributed by atoms with Crippen LogP contribution in [0.15, 0.2) is 79.1 Å². The number of hydroxylamine groups is 1. The molecule has 25 heavy (non-hydrogen) atoms. The Hall–Kier alpha value is -3.18. The van der Waals surface area contributed by atoms with Crippen molar-refractivity contribution in [2.24, 2.45) is 0 Å². The third-order valence-electron chi connectivity index (χ3n) is 3.65. The number of nitrogens with one attached hydrogen (secondary N) is 2. The highest BCUT2D eigenvalue weighted by molar-refractivity contribution is 5.98. The number of benzene rings is 2. The lowest BCUT2D eigenvalue weighted by atomic mass is 10.1. The Kier molecular flexibility index (Phi) is 5.74. The first kappa shape index (κ1) is 16.7. The molecule has 0 aliphatic rings. The molecule has 2 N–H and O–H groups in total. The van der Waals surface area contributed by atoms with Crippen molar-refractivity contribution in [3.8, 4) is 0 Å². The zero-order valence-electron chi connectivity index (χ0n) is 13.7. The maximum Gasteiger partial charge on any atom is 0.276 e. The second-order valence-electron chi connectivity index (χ2n) is 5.46. The van der Waals surface area contributed by atoms with Gasteiger partial charge in [-0.2, -0.15) is 0 Å². The highest BCUT2D eigenvalue weighted by atomic mass is 16.6. The van der Waals surface area contributed by atoms with E-state index in [0.29, 0.717) is 18.7 Å². The topological polar surface area (TPSA) is 63.2 Å². The van der Waals surface area contributed by atoms with Crippen LogP contribution in [0.5, 0.6) is 0 Å². The van der Waals surface area contributed by atoms with Gasteiger partial charge in [0.15, 0.2) is 0 Å². The van der Waals surface area contributed by atoms with Gasteiger partial charge in [-0.25, -0.2) is 5.48 Å². The third-order valence-corrected chi connectivity index (χ3v) is 3.65. The molecule has 1 amide bonds. The average Bonchev–Trinajstić information content (AvgIpc) is 2.68. The molecule has 2 aromatic carbocycles. The minimum absolute atomic E-state index is 0.284. The van der Waals surface area contributed by atoms with E-state index in [-0.39, 0.29) is 5.91 Å². The standard InChI is InChI=1S/C20H19N3O2/c24-20(23-25-15-17-6-2-1-3-7-17)18-8-4-5-9-19(18)22-14-16-10-12-21-13-11-16/h1-13,22H,14-15H2,(H,23,24). The van der Waals surface area contributed by atoms with Crippen molar-refractivity contribution in [3.05, 3.63) is 95.8 Å². The monoisotopic (exact) mass is 333 g/mol. The summed E-state index contributed by atoms with van der Waals surface area (Å²) in [4.78, 5) is 21.7. The fraction of sp³-hybridized carbons (Fsp3) is 0.100. The van der Waals surface area contributed by atoms with Gasteiger partial charge in [-0.1, -0.05) is 42.5 Å². The molecule has 126 valence electrons. The number of para-hydroxylation sites is 1. The first-order valence-electron chi connectivity index (χ1n) is 8.01. The van der Waals surface area contributed by atoms with Gasteiger partial charge in [-0.3, -0.25) is 14.6 Å². The molecule has 0 bridgehead atoms. The summed E-state index contributed by atoms with van der Waals surface area (Å²) in [6, 6.07) is 20.9. The molecule has 0 aliphatic carbocycles. The van der Waals surface area contributed by atoms with Crippen molar-refractivity contribution in [1.29, 1.82) is 0 Å². The van der Waals surface area contributed by atoms with E-state index in [1.165, 1.54) is 0 Å². The molecule has 5 nitrogen and oxygen atoms in total. The van der Waals surface area contributed by atoms with Gasteiger partial charge in [0.2, 0.25) is 0 Å². The first-order valence-corrected chi connectivity index (χ1v) is 8.01. The van der Waals surface area contributed by atoms with E-state index in [4.69, 9.17) is 4.84 Å². The van der Waals surface area contributed by atoms with E-state index < -0.39 is 0 Å². The van der Waals surface area contributed by atoms with Crippen LogP contribution in [0, 0.1) is 0 Å². The summed E-state index contributed by atoms with van der Waals surface area (Å²) in [5.74, 6) is -0.284. The molecule has 3 aromatic rings. The van der Waals surface area contributed by atoms with Gasteiger partial charge in [0, 0.05) is 24.6 Å². The van der Waals surface area contributed by atoms with Crippen LogP contribution in [0.3, 0.4) is 0 Å². The number of nitrogens with zero attached hydrogens (tertiary/aromatic N) is 1. The maximum absolute atomic E-state index is 12.4. The normalized spacial score (nSPS) is 10.2. The lowest BCUT2D eigenvalue weighted by Gasteiger charge is -2.12. The second kappa shape index (κ2) is 8.61. The van der Waals surface area contributed by atoms with Crippen LogP contribution in [-0.2, 0) is 18.0 Å². The summed E-state index contributed by atoms with van der Waals surface area (Å²) in [5.41, 5.74) is 5.86. The van der Waals surface area contributed by atoms with Crippen molar-refractivity contribution in [2.75, 3.05) is 5.32 Å². The number of rotatable bonds is 7. The molecule has 5 heteroatoms. The van der Waals surface area contributed by atoms with Crippen molar-refractivity contribution >= 4 is 11.6 Å². The fourth-order valence-corrected chi connectivity index (χ4v) is 2.35. The van der Waals surface area contributed by atoms with Crippen LogP contribution in [0.1, 0.15) is 21.5 Å². The van der Waals surface area contributed by atoms with Gasteiger partial charge >= 0.3 is 0 Å². The zero-order chi connectivity index (χ0) is 17.3. The Labute approximate surface area is 146 Å². The Morgan fingerprint density at radius 2 is 1.60 bits per heavy atom. The summed E-state index contributed by atoms with van der Waals surface area (Å²) in [7, 11) is 0. The molecule has 0 aliphatic heterocycles. The van der Waals surface area contributed by atoms with E-state index in [2.05, 4.69) is 15.8 Å². The molecule has 0 spiro atoms. The zero-order valence-corrected chi connectivity index (χ0v) is 13.7. The molecular weight excluding hydrogens is 314 g/mol. The van der Waals surface area contributed by atoms with Crippen LogP contribution in [-0.4, -0.2) is 10.9 Å². The summed E-state index contributed by atoms with van der Waals surface area (Å²) < 4.78 is 0. The third kappa shape index (κ3) is 4.89. The van der Waals surface area contributed by atoms with Crippen molar-refractivity contribution in [3.63, 3.8) is 0 Å². The summed E-state index contributed by atoms with van der Waals surface area (Å²) >= 11 is 0. The van der Waals surface area contributed by atoms with Gasteiger partial charge < -0.3 is 5.32 Å². The van der Waals surface area contributed by atoms with Crippen LogP contribution < -0.4 is 10.8 Å². The number of hydrogen-bond acceptors (Lipinski definition) is 4. The number of hydrogen-bond donors (Lipinski definition) is 2. The fourth-order valence-electron chi connectivity index (χ4n) is 2.35. The minimum Gasteiger partial charge on any atom is -0.380 e. The molecule has 0 saturated carbocycles. The van der Waals surface area contributed by atoms with Gasteiger partial charge in [0.1, 0.15) is 0 Å². The van der Waals surface area contributed by atoms with Crippen molar-refractivity contribution in [2.45, 2.75) is 13.2 Å². The number of pyridine rings is 1. The summed E-state index contributed by atoms with van der Waals surface area (Å²) in [5, 5.41) is 3.27. The molecule has 0 radical (unpaired) electrons. The molecule has 1 aromatic heterocycles. The van der Waals surface area contributed by atoms with Gasteiger partial charge in [-0.15, -0.1) is 0 Å². The minimum atomic E-state index is -0.284. The summed E-state index contributed by atoms with van der Waals surface area (Å²) in [6.07, 6.45) is 3.49. The highest BCUT2D eigenvalue weighted by Gasteiger charge is 2.10. The lowest BCUT2D eigenvalue weighted by molar-refractivity contribution is 0.0234. The average molecular weight is 333 g/mol.